The normalized spacial score (nSPS) is 11.6. The van der Waals surface area contributed by atoms with Crippen LogP contribution in [0.3, 0.4) is 0 Å². The molecule has 0 fully saturated rings. The summed E-state index contributed by atoms with van der Waals surface area (Å²) < 4.78 is 13.2. The standard InChI is InChI=1S/C17H23FN4S/c1-13-12-23-16(21-13)8-5-9-20-17(19-2)22(3)11-14-6-4-7-15(18)10-14/h4,6-7,10,12H,5,8-9,11H2,1-3H3,(H,19,20). The molecule has 0 saturated carbocycles. The number of nitrogens with one attached hydrogen (secondary N) is 1. The molecule has 0 aliphatic rings. The summed E-state index contributed by atoms with van der Waals surface area (Å²) in [6.07, 6.45) is 1.97. The molecule has 0 amide bonds. The van der Waals surface area contributed by atoms with Crippen molar-refractivity contribution >= 4 is 17.3 Å². The highest BCUT2D eigenvalue weighted by Gasteiger charge is 2.07. The molecule has 0 bridgehead atoms. The lowest BCUT2D eigenvalue weighted by molar-refractivity contribution is 0.474. The number of halogens is 1. The third kappa shape index (κ3) is 5.63. The quantitative estimate of drug-likeness (QED) is 0.501. The molecule has 0 atom stereocenters. The lowest BCUT2D eigenvalue weighted by atomic mass is 10.2. The summed E-state index contributed by atoms with van der Waals surface area (Å²) in [7, 11) is 3.71. The Kier molecular flexibility index (Phi) is 6.52. The lowest BCUT2D eigenvalue weighted by Crippen LogP contribution is -2.39. The van der Waals surface area contributed by atoms with Crippen LogP contribution in [0.4, 0.5) is 4.39 Å². The Morgan fingerprint density at radius 3 is 2.91 bits per heavy atom. The number of hydrogen-bond acceptors (Lipinski definition) is 3. The Bertz CT molecular complexity index is 654. The second-order valence-electron chi connectivity index (χ2n) is 5.45. The summed E-state index contributed by atoms with van der Waals surface area (Å²) in [6.45, 7) is 3.46. The van der Waals surface area contributed by atoms with Gasteiger partial charge in [0.2, 0.25) is 0 Å². The Balaban J connectivity index is 1.77. The van der Waals surface area contributed by atoms with Crippen molar-refractivity contribution in [1.29, 1.82) is 0 Å². The van der Waals surface area contributed by atoms with Crippen LogP contribution >= 0.6 is 11.3 Å². The molecule has 1 aromatic heterocycles. The van der Waals surface area contributed by atoms with Crippen LogP contribution in [0.15, 0.2) is 34.6 Å². The summed E-state index contributed by atoms with van der Waals surface area (Å²) in [5, 5.41) is 6.59. The van der Waals surface area contributed by atoms with Gasteiger partial charge in [0.05, 0.1) is 5.01 Å². The molecule has 4 nitrogen and oxygen atoms in total. The first-order chi connectivity index (χ1) is 11.1. The van der Waals surface area contributed by atoms with E-state index in [4.69, 9.17) is 0 Å². The van der Waals surface area contributed by atoms with Crippen LogP contribution in [-0.2, 0) is 13.0 Å². The number of aromatic nitrogens is 1. The van der Waals surface area contributed by atoms with E-state index in [0.717, 1.165) is 36.6 Å². The van der Waals surface area contributed by atoms with Gasteiger partial charge >= 0.3 is 0 Å². The van der Waals surface area contributed by atoms with Gasteiger partial charge in [0.1, 0.15) is 5.82 Å². The predicted octanol–water partition coefficient (Wildman–Crippen LogP) is 3.23. The van der Waals surface area contributed by atoms with Crippen LogP contribution < -0.4 is 5.32 Å². The summed E-state index contributed by atoms with van der Waals surface area (Å²) in [4.78, 5) is 10.7. The topological polar surface area (TPSA) is 40.5 Å². The Hall–Kier alpha value is -1.95. The number of hydrogen-bond donors (Lipinski definition) is 1. The highest BCUT2D eigenvalue weighted by Crippen LogP contribution is 2.10. The zero-order valence-electron chi connectivity index (χ0n) is 13.8. The molecule has 1 aromatic carbocycles. The minimum absolute atomic E-state index is 0.211. The number of benzene rings is 1. The second kappa shape index (κ2) is 8.62. The van der Waals surface area contributed by atoms with Crippen LogP contribution in [0.25, 0.3) is 0 Å². The van der Waals surface area contributed by atoms with E-state index in [1.807, 2.05) is 24.9 Å². The fraction of sp³-hybridized carbons (Fsp3) is 0.412. The van der Waals surface area contributed by atoms with E-state index in [0.29, 0.717) is 6.54 Å². The molecular weight excluding hydrogens is 311 g/mol. The van der Waals surface area contributed by atoms with Gasteiger partial charge in [0, 0.05) is 44.7 Å². The predicted molar refractivity (Wildman–Crippen MR) is 94.4 cm³/mol. The summed E-state index contributed by atoms with van der Waals surface area (Å²) in [5.41, 5.74) is 2.01. The first kappa shape index (κ1) is 17.4. The molecule has 1 heterocycles. The minimum atomic E-state index is -0.211. The SMILES string of the molecule is CN=C(NCCCc1nc(C)cs1)N(C)Cc1cccc(F)c1. The van der Waals surface area contributed by atoms with E-state index in [2.05, 4.69) is 20.7 Å². The third-order valence-electron chi connectivity index (χ3n) is 3.40. The summed E-state index contributed by atoms with van der Waals surface area (Å²) in [5.74, 6) is 0.599. The lowest BCUT2D eigenvalue weighted by Gasteiger charge is -2.22. The minimum Gasteiger partial charge on any atom is -0.356 e. The number of guanidine groups is 1. The van der Waals surface area contributed by atoms with Gasteiger partial charge in [-0.3, -0.25) is 4.99 Å². The Labute approximate surface area is 141 Å². The van der Waals surface area contributed by atoms with Crippen LogP contribution in [0.5, 0.6) is 0 Å². The molecule has 1 N–H and O–H groups in total. The van der Waals surface area contributed by atoms with Crippen molar-refractivity contribution in [2.45, 2.75) is 26.3 Å². The van der Waals surface area contributed by atoms with E-state index in [9.17, 15) is 4.39 Å². The summed E-state index contributed by atoms with van der Waals surface area (Å²) in [6, 6.07) is 6.65. The average molecular weight is 334 g/mol. The molecule has 0 radical (unpaired) electrons. The van der Waals surface area contributed by atoms with Crippen molar-refractivity contribution in [3.8, 4) is 0 Å². The smallest absolute Gasteiger partial charge is 0.193 e. The van der Waals surface area contributed by atoms with Gasteiger partial charge in [-0.15, -0.1) is 11.3 Å². The number of aryl methyl sites for hydroxylation is 2. The van der Waals surface area contributed by atoms with Crippen molar-refractivity contribution in [2.24, 2.45) is 4.99 Å². The fourth-order valence-electron chi connectivity index (χ4n) is 2.33. The molecule has 124 valence electrons. The van der Waals surface area contributed by atoms with Crippen molar-refractivity contribution in [3.63, 3.8) is 0 Å². The van der Waals surface area contributed by atoms with E-state index in [1.165, 1.54) is 11.1 Å². The first-order valence-electron chi connectivity index (χ1n) is 7.65. The highest BCUT2D eigenvalue weighted by molar-refractivity contribution is 7.09. The molecule has 0 spiro atoms. The van der Waals surface area contributed by atoms with Crippen molar-refractivity contribution in [3.05, 3.63) is 51.7 Å². The molecule has 2 rings (SSSR count). The number of nitrogens with zero attached hydrogens (tertiary/aromatic N) is 3. The first-order valence-corrected chi connectivity index (χ1v) is 8.53. The van der Waals surface area contributed by atoms with Crippen molar-refractivity contribution < 1.29 is 4.39 Å². The van der Waals surface area contributed by atoms with Gasteiger partial charge in [-0.25, -0.2) is 9.37 Å². The van der Waals surface area contributed by atoms with E-state index < -0.39 is 0 Å². The van der Waals surface area contributed by atoms with Crippen LogP contribution in [0, 0.1) is 12.7 Å². The van der Waals surface area contributed by atoms with Crippen molar-refractivity contribution in [1.82, 2.24) is 15.2 Å². The van der Waals surface area contributed by atoms with E-state index in [1.54, 1.807) is 30.5 Å². The fourth-order valence-corrected chi connectivity index (χ4v) is 3.14. The largest absolute Gasteiger partial charge is 0.356 e. The van der Waals surface area contributed by atoms with Gasteiger partial charge in [0.15, 0.2) is 5.96 Å². The number of aliphatic imine (C=N–C) groups is 1. The molecule has 0 aliphatic heterocycles. The molecule has 6 heteroatoms. The molecule has 23 heavy (non-hydrogen) atoms. The number of rotatable bonds is 6. The maximum absolute atomic E-state index is 13.2. The molecule has 0 saturated heterocycles. The van der Waals surface area contributed by atoms with E-state index >= 15 is 0 Å². The maximum atomic E-state index is 13.2. The highest BCUT2D eigenvalue weighted by atomic mass is 32.1. The van der Waals surface area contributed by atoms with Crippen molar-refractivity contribution in [2.75, 3.05) is 20.6 Å². The average Bonchev–Trinajstić information content (AvgIpc) is 2.92. The van der Waals surface area contributed by atoms with E-state index in [-0.39, 0.29) is 5.82 Å². The van der Waals surface area contributed by atoms with Gasteiger partial charge < -0.3 is 10.2 Å². The molecule has 2 aromatic rings. The molecule has 0 aliphatic carbocycles. The zero-order chi connectivity index (χ0) is 16.7. The molecule has 0 unspecified atom stereocenters. The Morgan fingerprint density at radius 1 is 1.43 bits per heavy atom. The monoisotopic (exact) mass is 334 g/mol. The summed E-state index contributed by atoms with van der Waals surface area (Å²) >= 11 is 1.71. The second-order valence-corrected chi connectivity index (χ2v) is 6.39. The van der Waals surface area contributed by atoms with Crippen LogP contribution in [0.2, 0.25) is 0 Å². The molecular formula is C17H23FN4S. The number of thiazole rings is 1. The Morgan fingerprint density at radius 2 is 2.26 bits per heavy atom. The van der Waals surface area contributed by atoms with Gasteiger partial charge in [-0.2, -0.15) is 0 Å². The zero-order valence-corrected chi connectivity index (χ0v) is 14.7. The maximum Gasteiger partial charge on any atom is 0.193 e. The third-order valence-corrected chi connectivity index (χ3v) is 4.43. The van der Waals surface area contributed by atoms with Gasteiger partial charge in [0.25, 0.3) is 0 Å². The van der Waals surface area contributed by atoms with Gasteiger partial charge in [-0.1, -0.05) is 12.1 Å². The van der Waals surface area contributed by atoms with Gasteiger partial charge in [-0.05, 0) is 31.0 Å². The van der Waals surface area contributed by atoms with Crippen LogP contribution in [-0.4, -0.2) is 36.5 Å². The van der Waals surface area contributed by atoms with Crippen LogP contribution in [0.1, 0.15) is 22.7 Å².